The first-order valence-corrected chi connectivity index (χ1v) is 6.21. The molecule has 0 aliphatic carbocycles. The number of carbonyl (C=O) groups is 1. The van der Waals surface area contributed by atoms with Crippen LogP contribution in [-0.4, -0.2) is 26.9 Å². The summed E-state index contributed by atoms with van der Waals surface area (Å²) >= 11 is 1.97. The van der Waals surface area contributed by atoms with Gasteiger partial charge < -0.3 is 4.52 Å². The van der Waals surface area contributed by atoms with Gasteiger partial charge in [0.05, 0.1) is 6.42 Å². The molecule has 4 nitrogen and oxygen atoms in total. The summed E-state index contributed by atoms with van der Waals surface area (Å²) < 4.78 is 4.99. The molecule has 0 aromatic carbocycles. The molecule has 1 aromatic rings. The molecule has 82 valence electrons. The minimum Gasteiger partial charge on any atom is -0.339 e. The molecule has 1 saturated heterocycles. The van der Waals surface area contributed by atoms with Crippen LogP contribution in [0.4, 0.5) is 0 Å². The van der Waals surface area contributed by atoms with Crippen molar-refractivity contribution in [3.05, 3.63) is 11.7 Å². The van der Waals surface area contributed by atoms with Gasteiger partial charge in [-0.05, 0) is 25.5 Å². The lowest BCUT2D eigenvalue weighted by atomic mass is 10.2. The summed E-state index contributed by atoms with van der Waals surface area (Å²) in [4.78, 5) is 15.0. The number of aromatic nitrogens is 2. The molecule has 2 heterocycles. The maximum absolute atomic E-state index is 10.8. The third-order valence-corrected chi connectivity index (χ3v) is 3.74. The fraction of sp³-hybridized carbons (Fsp3) is 0.700. The predicted molar refractivity (Wildman–Crippen MR) is 57.9 cm³/mol. The first-order valence-electron chi connectivity index (χ1n) is 5.16. The second-order valence-electron chi connectivity index (χ2n) is 3.82. The predicted octanol–water partition coefficient (Wildman–Crippen LogP) is 1.64. The van der Waals surface area contributed by atoms with E-state index in [2.05, 4.69) is 10.1 Å². The van der Waals surface area contributed by atoms with Crippen molar-refractivity contribution < 1.29 is 9.32 Å². The molecule has 5 heteroatoms. The highest BCUT2D eigenvalue weighted by atomic mass is 32.2. The van der Waals surface area contributed by atoms with Gasteiger partial charge in [-0.3, -0.25) is 4.79 Å². The highest BCUT2D eigenvalue weighted by Gasteiger charge is 2.19. The fourth-order valence-electron chi connectivity index (χ4n) is 1.67. The van der Waals surface area contributed by atoms with E-state index in [-0.39, 0.29) is 12.2 Å². The molecule has 1 atom stereocenters. The van der Waals surface area contributed by atoms with Gasteiger partial charge in [0.2, 0.25) is 5.89 Å². The zero-order valence-electron chi connectivity index (χ0n) is 8.73. The monoisotopic (exact) mass is 226 g/mol. The van der Waals surface area contributed by atoms with Gasteiger partial charge in [0.15, 0.2) is 5.82 Å². The van der Waals surface area contributed by atoms with E-state index in [1.165, 1.54) is 25.5 Å². The molecule has 0 saturated carbocycles. The molecular weight excluding hydrogens is 212 g/mol. The quantitative estimate of drug-likeness (QED) is 0.781. The maximum Gasteiger partial charge on any atom is 0.234 e. The Bertz CT molecular complexity index is 345. The summed E-state index contributed by atoms with van der Waals surface area (Å²) in [5, 5.41) is 4.51. The number of hydrogen-bond donors (Lipinski definition) is 0. The van der Waals surface area contributed by atoms with E-state index >= 15 is 0 Å². The Morgan fingerprint density at radius 1 is 1.67 bits per heavy atom. The van der Waals surface area contributed by atoms with Gasteiger partial charge in [-0.1, -0.05) is 5.16 Å². The summed E-state index contributed by atoms with van der Waals surface area (Å²) in [6.07, 6.45) is 3.64. The van der Waals surface area contributed by atoms with Crippen molar-refractivity contribution in [3.8, 4) is 0 Å². The Morgan fingerprint density at radius 2 is 2.53 bits per heavy atom. The molecule has 2 rings (SSSR count). The SMILES string of the molecule is CC(=O)Cc1nc(CC2CCCS2)no1. The first kappa shape index (κ1) is 10.7. The molecule has 1 aromatic heterocycles. The second-order valence-corrected chi connectivity index (χ2v) is 5.23. The number of carbonyl (C=O) groups excluding carboxylic acids is 1. The van der Waals surface area contributed by atoms with Crippen LogP contribution < -0.4 is 0 Å². The van der Waals surface area contributed by atoms with E-state index < -0.39 is 0 Å². The average Bonchev–Trinajstić information content (AvgIpc) is 2.77. The van der Waals surface area contributed by atoms with Gasteiger partial charge in [0.1, 0.15) is 5.78 Å². The fourth-order valence-corrected chi connectivity index (χ4v) is 2.93. The van der Waals surface area contributed by atoms with Gasteiger partial charge in [-0.15, -0.1) is 0 Å². The third kappa shape index (κ3) is 3.06. The van der Waals surface area contributed by atoms with Crippen LogP contribution in [0.25, 0.3) is 0 Å². The summed E-state index contributed by atoms with van der Waals surface area (Å²) in [5.74, 6) is 2.48. The molecule has 1 aliphatic rings. The van der Waals surface area contributed by atoms with Crippen LogP contribution in [-0.2, 0) is 17.6 Å². The Hall–Kier alpha value is -0.840. The molecule has 1 fully saturated rings. The van der Waals surface area contributed by atoms with Crippen molar-refractivity contribution in [1.29, 1.82) is 0 Å². The lowest BCUT2D eigenvalue weighted by Gasteiger charge is -2.02. The minimum atomic E-state index is 0.0560. The molecule has 0 bridgehead atoms. The molecule has 0 N–H and O–H groups in total. The molecule has 0 radical (unpaired) electrons. The topological polar surface area (TPSA) is 56.0 Å². The number of thioether (sulfide) groups is 1. The standard InChI is InChI=1S/C10H14N2O2S/c1-7(13)5-10-11-9(12-14-10)6-8-3-2-4-15-8/h8H,2-6H2,1H3. The number of ketones is 1. The van der Waals surface area contributed by atoms with E-state index in [1.54, 1.807) is 0 Å². The number of Topliss-reactive ketones (excluding diaryl/α,β-unsaturated/α-hetero) is 1. The van der Waals surface area contributed by atoms with Crippen LogP contribution in [0.15, 0.2) is 4.52 Å². The lowest BCUT2D eigenvalue weighted by molar-refractivity contribution is -0.116. The van der Waals surface area contributed by atoms with E-state index in [0.29, 0.717) is 11.1 Å². The zero-order valence-corrected chi connectivity index (χ0v) is 9.55. The van der Waals surface area contributed by atoms with E-state index in [9.17, 15) is 4.79 Å². The normalized spacial score (nSPS) is 20.7. The van der Waals surface area contributed by atoms with Crippen molar-refractivity contribution in [1.82, 2.24) is 10.1 Å². The summed E-state index contributed by atoms with van der Waals surface area (Å²) in [7, 11) is 0. The van der Waals surface area contributed by atoms with Crippen LogP contribution >= 0.6 is 11.8 Å². The van der Waals surface area contributed by atoms with Crippen LogP contribution in [0, 0.1) is 0 Å². The van der Waals surface area contributed by atoms with Gasteiger partial charge in [-0.25, -0.2) is 0 Å². The second kappa shape index (κ2) is 4.79. The number of nitrogens with zero attached hydrogens (tertiary/aromatic N) is 2. The van der Waals surface area contributed by atoms with E-state index in [1.807, 2.05) is 11.8 Å². The highest BCUT2D eigenvalue weighted by molar-refractivity contribution is 8.00. The summed E-state index contributed by atoms with van der Waals surface area (Å²) in [6, 6.07) is 0. The summed E-state index contributed by atoms with van der Waals surface area (Å²) in [6.45, 7) is 1.52. The summed E-state index contributed by atoms with van der Waals surface area (Å²) in [5.41, 5.74) is 0. The smallest absolute Gasteiger partial charge is 0.234 e. The molecule has 1 unspecified atom stereocenters. The van der Waals surface area contributed by atoms with E-state index in [0.717, 1.165) is 12.2 Å². The van der Waals surface area contributed by atoms with Crippen molar-refractivity contribution in [2.75, 3.05) is 5.75 Å². The first-order chi connectivity index (χ1) is 7.24. The van der Waals surface area contributed by atoms with Crippen molar-refractivity contribution >= 4 is 17.5 Å². The van der Waals surface area contributed by atoms with Crippen LogP contribution in [0.3, 0.4) is 0 Å². The lowest BCUT2D eigenvalue weighted by Crippen LogP contribution is -2.04. The van der Waals surface area contributed by atoms with Crippen LogP contribution in [0.2, 0.25) is 0 Å². The van der Waals surface area contributed by atoms with E-state index in [4.69, 9.17) is 4.52 Å². The van der Waals surface area contributed by atoms with Crippen molar-refractivity contribution in [2.45, 2.75) is 37.9 Å². The van der Waals surface area contributed by atoms with Gasteiger partial charge >= 0.3 is 0 Å². The average molecular weight is 226 g/mol. The van der Waals surface area contributed by atoms with Gasteiger partial charge in [0, 0.05) is 11.7 Å². The zero-order chi connectivity index (χ0) is 10.7. The Balaban J connectivity index is 1.91. The Morgan fingerprint density at radius 3 is 3.20 bits per heavy atom. The Kier molecular flexibility index (Phi) is 3.41. The highest BCUT2D eigenvalue weighted by Crippen LogP contribution is 2.28. The molecule has 0 spiro atoms. The van der Waals surface area contributed by atoms with Crippen molar-refractivity contribution in [2.24, 2.45) is 0 Å². The largest absolute Gasteiger partial charge is 0.339 e. The molecular formula is C10H14N2O2S. The molecule has 1 aliphatic heterocycles. The maximum atomic E-state index is 10.8. The molecule has 15 heavy (non-hydrogen) atoms. The molecule has 0 amide bonds. The number of hydrogen-bond acceptors (Lipinski definition) is 5. The van der Waals surface area contributed by atoms with Crippen molar-refractivity contribution in [3.63, 3.8) is 0 Å². The number of rotatable bonds is 4. The van der Waals surface area contributed by atoms with Crippen LogP contribution in [0.1, 0.15) is 31.5 Å². The van der Waals surface area contributed by atoms with Gasteiger partial charge in [-0.2, -0.15) is 16.7 Å². The third-order valence-electron chi connectivity index (χ3n) is 2.34. The minimum absolute atomic E-state index is 0.0560. The Labute approximate surface area is 92.8 Å². The van der Waals surface area contributed by atoms with Gasteiger partial charge in [0.25, 0.3) is 0 Å². The van der Waals surface area contributed by atoms with Crippen LogP contribution in [0.5, 0.6) is 0 Å².